The highest BCUT2D eigenvalue weighted by molar-refractivity contribution is 5.97. The summed E-state index contributed by atoms with van der Waals surface area (Å²) in [4.78, 5) is 11.0. The van der Waals surface area contributed by atoms with E-state index in [0.29, 0.717) is 0 Å². The number of carboxylic acid groups (broad SMARTS) is 1. The van der Waals surface area contributed by atoms with Crippen LogP contribution in [-0.4, -0.2) is 10.5 Å². The molecule has 3 nitrogen and oxygen atoms in total. The molecule has 0 amide bonds. The lowest BCUT2D eigenvalue weighted by atomic mass is 10.1. The minimum atomic E-state index is -1.12. The molecule has 0 aliphatic heterocycles. The SMILES string of the molecule is Cc1ccc2c(c1)c(C)c(C(=O)[O-])n2C. The molecule has 0 aliphatic carbocycles. The van der Waals surface area contributed by atoms with Crippen LogP contribution in [0.2, 0.25) is 0 Å². The zero-order valence-electron chi connectivity index (χ0n) is 9.00. The van der Waals surface area contributed by atoms with Gasteiger partial charge >= 0.3 is 0 Å². The largest absolute Gasteiger partial charge is 0.543 e. The third-order valence-corrected chi connectivity index (χ3v) is 2.80. The lowest BCUT2D eigenvalue weighted by Crippen LogP contribution is -2.25. The maximum Gasteiger partial charge on any atom is 0.0883 e. The van der Waals surface area contributed by atoms with Gasteiger partial charge in [0.15, 0.2) is 0 Å². The minimum absolute atomic E-state index is 0.260. The van der Waals surface area contributed by atoms with Crippen molar-refractivity contribution in [3.8, 4) is 0 Å². The Morgan fingerprint density at radius 3 is 2.60 bits per heavy atom. The summed E-state index contributed by atoms with van der Waals surface area (Å²) < 4.78 is 1.67. The molecule has 0 N–H and O–H groups in total. The summed E-state index contributed by atoms with van der Waals surface area (Å²) in [5.74, 6) is -1.12. The van der Waals surface area contributed by atoms with Gasteiger partial charge < -0.3 is 14.5 Å². The Hall–Kier alpha value is -1.77. The van der Waals surface area contributed by atoms with Crippen LogP contribution in [0.15, 0.2) is 18.2 Å². The van der Waals surface area contributed by atoms with Crippen molar-refractivity contribution in [2.45, 2.75) is 13.8 Å². The molecule has 78 valence electrons. The van der Waals surface area contributed by atoms with Crippen LogP contribution in [0, 0.1) is 13.8 Å². The predicted octanol–water partition coefficient (Wildman–Crippen LogP) is 1.16. The van der Waals surface area contributed by atoms with Gasteiger partial charge in [0.05, 0.1) is 11.7 Å². The molecule has 0 bridgehead atoms. The van der Waals surface area contributed by atoms with E-state index in [-0.39, 0.29) is 5.69 Å². The summed E-state index contributed by atoms with van der Waals surface area (Å²) in [5.41, 5.74) is 3.09. The molecule has 0 fully saturated rings. The van der Waals surface area contributed by atoms with Crippen LogP contribution >= 0.6 is 0 Å². The molecule has 1 aromatic heterocycles. The van der Waals surface area contributed by atoms with Crippen molar-refractivity contribution in [3.05, 3.63) is 35.0 Å². The molecular formula is C12H12NO2-. The van der Waals surface area contributed by atoms with Crippen molar-refractivity contribution in [1.82, 2.24) is 4.57 Å². The van der Waals surface area contributed by atoms with Gasteiger partial charge in [-0.25, -0.2) is 0 Å². The topological polar surface area (TPSA) is 45.1 Å². The number of nitrogens with zero attached hydrogens (tertiary/aromatic N) is 1. The second-order valence-electron chi connectivity index (χ2n) is 3.84. The van der Waals surface area contributed by atoms with Gasteiger partial charge in [-0.15, -0.1) is 0 Å². The van der Waals surface area contributed by atoms with E-state index in [2.05, 4.69) is 0 Å². The van der Waals surface area contributed by atoms with E-state index in [0.717, 1.165) is 22.0 Å². The van der Waals surface area contributed by atoms with Crippen LogP contribution in [0.4, 0.5) is 0 Å². The first kappa shape index (κ1) is 9.77. The Balaban J connectivity index is 2.91. The van der Waals surface area contributed by atoms with E-state index in [1.807, 2.05) is 32.0 Å². The Morgan fingerprint density at radius 1 is 1.33 bits per heavy atom. The number of aryl methyl sites for hydroxylation is 3. The zero-order valence-corrected chi connectivity index (χ0v) is 9.00. The second-order valence-corrected chi connectivity index (χ2v) is 3.84. The number of carbonyl (C=O) groups excluding carboxylic acids is 1. The van der Waals surface area contributed by atoms with Crippen molar-refractivity contribution in [2.75, 3.05) is 0 Å². The van der Waals surface area contributed by atoms with Gasteiger partial charge in [0.25, 0.3) is 0 Å². The number of rotatable bonds is 1. The molecule has 0 saturated carbocycles. The maximum absolute atomic E-state index is 11.0. The number of carbonyl (C=O) groups is 1. The smallest absolute Gasteiger partial charge is 0.0883 e. The summed E-state index contributed by atoms with van der Waals surface area (Å²) in [6, 6.07) is 5.90. The lowest BCUT2D eigenvalue weighted by Gasteiger charge is -2.05. The monoisotopic (exact) mass is 202 g/mol. The van der Waals surface area contributed by atoms with Gasteiger partial charge in [-0.2, -0.15) is 0 Å². The average Bonchev–Trinajstić information content (AvgIpc) is 2.39. The standard InChI is InChI=1S/C12H13NO2/c1-7-4-5-10-9(6-7)8(2)11(12(14)15)13(10)3/h4-6H,1-3H3,(H,14,15)/p-1. The lowest BCUT2D eigenvalue weighted by molar-refractivity contribution is -0.255. The van der Waals surface area contributed by atoms with E-state index < -0.39 is 5.97 Å². The van der Waals surface area contributed by atoms with Gasteiger partial charge in [-0.3, -0.25) is 0 Å². The fourth-order valence-electron chi connectivity index (χ4n) is 2.03. The molecule has 0 spiro atoms. The van der Waals surface area contributed by atoms with Gasteiger partial charge in [0, 0.05) is 18.0 Å². The van der Waals surface area contributed by atoms with E-state index in [1.165, 1.54) is 0 Å². The van der Waals surface area contributed by atoms with Crippen molar-refractivity contribution in [1.29, 1.82) is 0 Å². The quantitative estimate of drug-likeness (QED) is 0.696. The van der Waals surface area contributed by atoms with Crippen molar-refractivity contribution in [2.24, 2.45) is 7.05 Å². The first-order chi connectivity index (χ1) is 7.02. The van der Waals surface area contributed by atoms with Crippen molar-refractivity contribution >= 4 is 16.9 Å². The number of carboxylic acids is 1. The van der Waals surface area contributed by atoms with E-state index >= 15 is 0 Å². The molecule has 3 heteroatoms. The van der Waals surface area contributed by atoms with E-state index in [9.17, 15) is 9.90 Å². The van der Waals surface area contributed by atoms with Gasteiger partial charge in [-0.1, -0.05) is 11.6 Å². The molecule has 2 rings (SSSR count). The van der Waals surface area contributed by atoms with Crippen molar-refractivity contribution in [3.63, 3.8) is 0 Å². The van der Waals surface area contributed by atoms with Gasteiger partial charge in [-0.05, 0) is 31.5 Å². The number of fused-ring (bicyclic) bond motifs is 1. The summed E-state index contributed by atoms with van der Waals surface area (Å²) in [7, 11) is 1.75. The molecule has 1 heterocycles. The first-order valence-corrected chi connectivity index (χ1v) is 4.79. The maximum atomic E-state index is 11.0. The number of hydrogen-bond donors (Lipinski definition) is 0. The number of benzene rings is 1. The Bertz CT molecular complexity index is 552. The molecule has 0 saturated heterocycles. The Kier molecular flexibility index (Phi) is 2.03. The van der Waals surface area contributed by atoms with Crippen LogP contribution in [-0.2, 0) is 7.05 Å². The average molecular weight is 202 g/mol. The molecule has 1 aromatic carbocycles. The Morgan fingerprint density at radius 2 is 2.00 bits per heavy atom. The summed E-state index contributed by atoms with van der Waals surface area (Å²) in [5, 5.41) is 11.9. The van der Waals surface area contributed by atoms with Crippen LogP contribution in [0.25, 0.3) is 10.9 Å². The van der Waals surface area contributed by atoms with Gasteiger partial charge in [0.2, 0.25) is 0 Å². The van der Waals surface area contributed by atoms with Crippen LogP contribution in [0.3, 0.4) is 0 Å². The Labute approximate surface area is 87.9 Å². The normalized spacial score (nSPS) is 10.9. The fourth-order valence-corrected chi connectivity index (χ4v) is 2.03. The van der Waals surface area contributed by atoms with Gasteiger partial charge in [0.1, 0.15) is 0 Å². The van der Waals surface area contributed by atoms with Crippen LogP contribution in [0.5, 0.6) is 0 Å². The second kappa shape index (κ2) is 3.12. The molecule has 0 atom stereocenters. The number of aromatic carboxylic acids is 1. The highest BCUT2D eigenvalue weighted by Gasteiger charge is 2.11. The molecule has 0 aliphatic rings. The molecular weight excluding hydrogens is 190 g/mol. The summed E-state index contributed by atoms with van der Waals surface area (Å²) in [6.45, 7) is 3.80. The van der Waals surface area contributed by atoms with E-state index in [1.54, 1.807) is 11.6 Å². The van der Waals surface area contributed by atoms with E-state index in [4.69, 9.17) is 0 Å². The third-order valence-electron chi connectivity index (χ3n) is 2.80. The zero-order chi connectivity index (χ0) is 11.2. The van der Waals surface area contributed by atoms with Crippen LogP contribution in [0.1, 0.15) is 21.6 Å². The fraction of sp³-hybridized carbons (Fsp3) is 0.250. The number of aromatic nitrogens is 1. The molecule has 15 heavy (non-hydrogen) atoms. The number of hydrogen-bond acceptors (Lipinski definition) is 2. The molecule has 0 radical (unpaired) electrons. The predicted molar refractivity (Wildman–Crippen MR) is 56.7 cm³/mol. The minimum Gasteiger partial charge on any atom is -0.543 e. The first-order valence-electron chi connectivity index (χ1n) is 4.79. The highest BCUT2D eigenvalue weighted by Crippen LogP contribution is 2.25. The highest BCUT2D eigenvalue weighted by atomic mass is 16.4. The van der Waals surface area contributed by atoms with Crippen LogP contribution < -0.4 is 5.11 Å². The third kappa shape index (κ3) is 1.31. The summed E-state index contributed by atoms with van der Waals surface area (Å²) >= 11 is 0. The molecule has 0 unspecified atom stereocenters. The summed E-state index contributed by atoms with van der Waals surface area (Å²) in [6.07, 6.45) is 0. The molecule has 2 aromatic rings. The van der Waals surface area contributed by atoms with Crippen molar-refractivity contribution < 1.29 is 9.90 Å².